The average Bonchev–Trinajstić information content (AvgIpc) is 3.01. The largest absolute Gasteiger partial charge is 0.493 e. The Bertz CT molecular complexity index is 1130. The van der Waals surface area contributed by atoms with E-state index in [9.17, 15) is 24.8 Å². The number of nitrogens with zero attached hydrogens (tertiary/aromatic N) is 3. The summed E-state index contributed by atoms with van der Waals surface area (Å²) in [7, 11) is 0. The number of carboxylic acids is 1. The number of rotatable bonds is 4. The van der Waals surface area contributed by atoms with Crippen LogP contribution in [0.5, 0.6) is 5.88 Å². The van der Waals surface area contributed by atoms with Gasteiger partial charge in [0.2, 0.25) is 5.88 Å². The molecule has 0 spiro atoms. The number of non-ortho nitro benzene ring substituents is 1. The minimum atomic E-state index is -1.21. The summed E-state index contributed by atoms with van der Waals surface area (Å²) >= 11 is 5.93. The highest BCUT2D eigenvalue weighted by Gasteiger charge is 2.28. The first-order valence-electron chi connectivity index (χ1n) is 6.81. The van der Waals surface area contributed by atoms with E-state index in [1.165, 1.54) is 25.1 Å². The van der Waals surface area contributed by atoms with E-state index < -0.39 is 28.7 Å². The molecule has 2 N–H and O–H groups in total. The number of thiazole rings is 1. The highest BCUT2D eigenvalue weighted by atomic mass is 32.1. The molecule has 2 aromatic rings. The lowest BCUT2D eigenvalue weighted by atomic mass is 10.1. The van der Waals surface area contributed by atoms with Crippen molar-refractivity contribution in [2.45, 2.75) is 13.0 Å². The summed E-state index contributed by atoms with van der Waals surface area (Å²) in [5, 5.41) is 30.9. The molecule has 0 saturated heterocycles. The van der Waals surface area contributed by atoms with Crippen molar-refractivity contribution in [2.24, 2.45) is 4.99 Å². The zero-order valence-electron chi connectivity index (χ0n) is 12.5. The third-order valence-electron chi connectivity index (χ3n) is 3.69. The fourth-order valence-electron chi connectivity index (χ4n) is 2.43. The second-order valence-electron chi connectivity index (χ2n) is 5.16. The molecule has 11 heteroatoms. The Hall–Kier alpha value is -2.92. The van der Waals surface area contributed by atoms with Crippen molar-refractivity contribution in [2.75, 3.05) is 0 Å². The van der Waals surface area contributed by atoms with Crippen LogP contribution in [0, 0.1) is 14.1 Å². The maximum atomic E-state index is 12.3. The number of fused-ring (bicyclic) bond motifs is 1. The maximum Gasteiger partial charge on any atom is 0.326 e. The van der Waals surface area contributed by atoms with E-state index in [0.29, 0.717) is 0 Å². The zero-order valence-corrected chi connectivity index (χ0v) is 14.1. The fourth-order valence-corrected chi connectivity index (χ4v) is 3.93. The lowest BCUT2D eigenvalue weighted by Gasteiger charge is -2.09. The van der Waals surface area contributed by atoms with E-state index in [-0.39, 0.29) is 30.7 Å². The van der Waals surface area contributed by atoms with Gasteiger partial charge in [0, 0.05) is 17.4 Å². The summed E-state index contributed by atoms with van der Waals surface area (Å²) in [5.74, 6) is -2.38. The molecule has 9 nitrogen and oxygen atoms in total. The topological polar surface area (TPSA) is 135 Å². The molecule has 1 aliphatic heterocycles. The highest BCUT2D eigenvalue weighted by Crippen LogP contribution is 2.35. The number of hydrogen-bond acceptors (Lipinski definition) is 7. The van der Waals surface area contributed by atoms with Gasteiger partial charge in [-0.05, 0) is 25.2 Å². The third-order valence-corrected chi connectivity index (χ3v) is 5.09. The molecule has 128 valence electrons. The molecule has 0 saturated carbocycles. The van der Waals surface area contributed by atoms with Crippen molar-refractivity contribution in [1.82, 2.24) is 4.57 Å². The van der Waals surface area contributed by atoms with Gasteiger partial charge in [0.25, 0.3) is 11.6 Å². The van der Waals surface area contributed by atoms with Crippen LogP contribution in [0.2, 0.25) is 0 Å². The zero-order chi connectivity index (χ0) is 18.5. The van der Waals surface area contributed by atoms with Gasteiger partial charge in [0.1, 0.15) is 10.9 Å². The van der Waals surface area contributed by atoms with E-state index in [1.807, 2.05) is 0 Å². The summed E-state index contributed by atoms with van der Waals surface area (Å²) in [4.78, 5) is 37.6. The number of benzene rings is 1. The maximum absolute atomic E-state index is 12.3. The Balaban J connectivity index is 2.33. The number of hydrogen-bond donors (Lipinski definition) is 2. The Morgan fingerprint density at radius 1 is 1.48 bits per heavy atom. The van der Waals surface area contributed by atoms with Crippen LogP contribution in [0.1, 0.15) is 17.8 Å². The summed E-state index contributed by atoms with van der Waals surface area (Å²) in [6.07, 6.45) is 0. The monoisotopic (exact) mass is 379 g/mol. The highest BCUT2D eigenvalue weighted by molar-refractivity contribution is 7.73. The van der Waals surface area contributed by atoms with E-state index in [2.05, 4.69) is 4.99 Å². The molecule has 1 aromatic heterocycles. The normalized spacial score (nSPS) is 14.1. The first-order chi connectivity index (χ1) is 11.7. The Labute approximate surface area is 148 Å². The molecule has 1 amide bonds. The number of carbonyl (C=O) groups excluding carboxylic acids is 1. The van der Waals surface area contributed by atoms with Crippen molar-refractivity contribution < 1.29 is 24.7 Å². The van der Waals surface area contributed by atoms with Crippen LogP contribution in [0.15, 0.2) is 23.2 Å². The smallest absolute Gasteiger partial charge is 0.326 e. The number of aromatic hydroxyl groups is 1. The summed E-state index contributed by atoms with van der Waals surface area (Å²) in [6, 6.07) is 2.60. The minimum Gasteiger partial charge on any atom is -0.493 e. The molecule has 3 rings (SSSR count). The van der Waals surface area contributed by atoms with Crippen molar-refractivity contribution >= 4 is 46.7 Å². The first-order valence-corrected chi connectivity index (χ1v) is 8.04. The number of carboxylic acid groups (broad SMARTS) is 1. The molecule has 2 heterocycles. The van der Waals surface area contributed by atoms with Crippen molar-refractivity contribution in [3.05, 3.63) is 47.7 Å². The second kappa shape index (κ2) is 5.86. The Kier molecular flexibility index (Phi) is 3.97. The third kappa shape index (κ3) is 2.62. The molecular formula is C14H9N3O6S2. The van der Waals surface area contributed by atoms with Crippen LogP contribution >= 0.6 is 23.6 Å². The van der Waals surface area contributed by atoms with Gasteiger partial charge in [0.15, 0.2) is 3.95 Å². The van der Waals surface area contributed by atoms with Gasteiger partial charge in [-0.2, -0.15) is 0 Å². The van der Waals surface area contributed by atoms with Crippen LogP contribution < -0.4 is 10.6 Å². The molecule has 0 aliphatic carbocycles. The van der Waals surface area contributed by atoms with E-state index in [1.54, 1.807) is 0 Å². The van der Waals surface area contributed by atoms with Crippen LogP contribution in [-0.4, -0.2) is 31.6 Å². The van der Waals surface area contributed by atoms with Gasteiger partial charge in [-0.15, -0.1) is 11.3 Å². The number of aliphatic carboxylic acids is 1. The van der Waals surface area contributed by atoms with Crippen LogP contribution in [-0.2, 0) is 9.59 Å². The van der Waals surface area contributed by atoms with Crippen LogP contribution in [0.25, 0.3) is 5.57 Å². The number of nitro groups is 1. The average molecular weight is 379 g/mol. The molecule has 1 aliphatic rings. The number of aromatic nitrogens is 1. The quantitative estimate of drug-likeness (QED) is 0.458. The van der Waals surface area contributed by atoms with Crippen molar-refractivity contribution in [1.29, 1.82) is 0 Å². The Morgan fingerprint density at radius 2 is 2.16 bits per heavy atom. The lowest BCUT2D eigenvalue weighted by Crippen LogP contribution is -2.23. The predicted molar refractivity (Wildman–Crippen MR) is 88.5 cm³/mol. The van der Waals surface area contributed by atoms with Crippen molar-refractivity contribution in [3.63, 3.8) is 0 Å². The molecule has 0 fully saturated rings. The van der Waals surface area contributed by atoms with Gasteiger partial charge in [0.05, 0.1) is 15.9 Å². The molecule has 1 atom stereocenters. The summed E-state index contributed by atoms with van der Waals surface area (Å²) in [5.41, 5.74) is -0.272. The van der Waals surface area contributed by atoms with Gasteiger partial charge in [-0.3, -0.25) is 19.5 Å². The summed E-state index contributed by atoms with van der Waals surface area (Å²) < 4.78 is 1.06. The minimum absolute atomic E-state index is 0.0334. The number of nitro benzene ring substituents is 1. The number of amides is 1. The molecule has 25 heavy (non-hydrogen) atoms. The van der Waals surface area contributed by atoms with Gasteiger partial charge >= 0.3 is 5.97 Å². The fraction of sp³-hybridized carbons (Fsp3) is 0.143. The molecule has 0 unspecified atom stereocenters. The van der Waals surface area contributed by atoms with E-state index in [0.717, 1.165) is 15.9 Å². The standard InChI is InChI=1S/C14H9N3O6S2/c1-5(13(20)21)16-12(19)10(25-14(16)24)9-7-4-6(17(22)23)2-3-8(7)15-11(9)18/h2-5,19H,1H3,(H,20,21)/t5-/m1/s1. The first kappa shape index (κ1) is 16.9. The predicted octanol–water partition coefficient (Wildman–Crippen LogP) is 0.897. The van der Waals surface area contributed by atoms with E-state index in [4.69, 9.17) is 17.3 Å². The van der Waals surface area contributed by atoms with Gasteiger partial charge in [-0.1, -0.05) is 0 Å². The molecule has 1 aromatic carbocycles. The Morgan fingerprint density at radius 3 is 2.76 bits per heavy atom. The SMILES string of the molecule is C[C@H](C(=O)O)n1c(O)c(C2=c3cc([N+](=O)[O-])ccc3=NC2=O)sc1=S. The van der Waals surface area contributed by atoms with Crippen molar-refractivity contribution in [3.8, 4) is 5.88 Å². The molecular weight excluding hydrogens is 370 g/mol. The van der Waals surface area contributed by atoms with Crippen LogP contribution in [0.4, 0.5) is 5.69 Å². The number of carbonyl (C=O) groups is 2. The van der Waals surface area contributed by atoms with Gasteiger partial charge < -0.3 is 10.2 Å². The second-order valence-corrected chi connectivity index (χ2v) is 6.80. The van der Waals surface area contributed by atoms with Crippen LogP contribution in [0.3, 0.4) is 0 Å². The lowest BCUT2D eigenvalue weighted by molar-refractivity contribution is -0.385. The van der Waals surface area contributed by atoms with E-state index >= 15 is 0 Å². The van der Waals surface area contributed by atoms with Gasteiger partial charge in [-0.25, -0.2) is 9.79 Å². The molecule has 0 bridgehead atoms. The summed E-state index contributed by atoms with van der Waals surface area (Å²) in [6.45, 7) is 1.33. The molecule has 0 radical (unpaired) electrons.